The van der Waals surface area contributed by atoms with Crippen LogP contribution < -0.4 is 10.6 Å². The topological polar surface area (TPSA) is 74.9 Å². The lowest BCUT2D eigenvalue weighted by atomic mass is 9.94. The number of oxazole rings is 1. The summed E-state index contributed by atoms with van der Waals surface area (Å²) < 4.78 is 11.0. The quantitative estimate of drug-likeness (QED) is 0.346. The number of nitrogens with zero attached hydrogens (tertiary/aromatic N) is 3. The van der Waals surface area contributed by atoms with E-state index >= 15 is 0 Å². The summed E-state index contributed by atoms with van der Waals surface area (Å²) in [7, 11) is 1.76. The number of hydrogen-bond donors (Lipinski definition) is 2. The number of methoxy groups -OCH3 is 1. The average Bonchev–Trinajstić information content (AvgIpc) is 3.09. The smallest absolute Gasteiger partial charge is 0.216 e. The fraction of sp³-hybridized carbons (Fsp3) is 0.789. The van der Waals surface area contributed by atoms with Gasteiger partial charge in [0.2, 0.25) is 5.89 Å². The van der Waals surface area contributed by atoms with E-state index in [-0.39, 0.29) is 29.4 Å². The standard InChI is InChI=1S/C19H35N5O2.HI/c1-6-20-18(22-14-17-21-13-16(26-17)19(2,3)4)23-15-7-9-24(10-8-15)11-12-25-5;/h13,15H,6-12,14H2,1-5H3,(H2,20,22,23);1H. The Kier molecular flexibility index (Phi) is 10.6. The summed E-state index contributed by atoms with van der Waals surface area (Å²) in [6, 6.07) is 0.446. The number of ether oxygens (including phenoxy) is 1. The lowest BCUT2D eigenvalue weighted by Crippen LogP contribution is -2.49. The van der Waals surface area contributed by atoms with Crippen molar-refractivity contribution in [3.8, 4) is 0 Å². The Labute approximate surface area is 180 Å². The van der Waals surface area contributed by atoms with Crippen LogP contribution in [-0.4, -0.2) is 61.8 Å². The van der Waals surface area contributed by atoms with Crippen molar-refractivity contribution in [1.82, 2.24) is 20.5 Å². The molecule has 1 aromatic rings. The molecule has 0 radical (unpaired) electrons. The fourth-order valence-electron chi connectivity index (χ4n) is 2.91. The second-order valence-electron chi connectivity index (χ2n) is 7.82. The molecule has 1 aromatic heterocycles. The highest BCUT2D eigenvalue weighted by Crippen LogP contribution is 2.22. The number of nitrogens with one attached hydrogen (secondary N) is 2. The summed E-state index contributed by atoms with van der Waals surface area (Å²) in [5.74, 6) is 2.38. The summed E-state index contributed by atoms with van der Waals surface area (Å²) in [5.41, 5.74) is -0.0332. The maximum absolute atomic E-state index is 5.83. The van der Waals surface area contributed by atoms with Gasteiger partial charge in [-0.3, -0.25) is 0 Å². The van der Waals surface area contributed by atoms with E-state index in [2.05, 4.69) is 53.2 Å². The predicted molar refractivity (Wildman–Crippen MR) is 120 cm³/mol. The second kappa shape index (κ2) is 11.9. The maximum atomic E-state index is 5.83. The zero-order valence-corrected chi connectivity index (χ0v) is 19.7. The van der Waals surface area contributed by atoms with E-state index in [1.54, 1.807) is 13.3 Å². The zero-order chi connectivity index (χ0) is 19.0. The third-order valence-corrected chi connectivity index (χ3v) is 4.55. The van der Waals surface area contributed by atoms with Crippen LogP contribution in [0.2, 0.25) is 0 Å². The molecule has 0 unspecified atom stereocenters. The molecule has 2 N–H and O–H groups in total. The van der Waals surface area contributed by atoms with Crippen LogP contribution in [0.15, 0.2) is 15.6 Å². The molecule has 0 aromatic carbocycles. The Morgan fingerprint density at radius 2 is 2.07 bits per heavy atom. The van der Waals surface area contributed by atoms with Gasteiger partial charge < -0.3 is 24.7 Å². The zero-order valence-electron chi connectivity index (χ0n) is 17.4. The van der Waals surface area contributed by atoms with Gasteiger partial charge in [0.25, 0.3) is 0 Å². The number of likely N-dealkylation sites (tertiary alicyclic amines) is 1. The second-order valence-corrected chi connectivity index (χ2v) is 7.82. The summed E-state index contributed by atoms with van der Waals surface area (Å²) >= 11 is 0. The highest BCUT2D eigenvalue weighted by atomic mass is 127. The van der Waals surface area contributed by atoms with Crippen molar-refractivity contribution in [2.24, 2.45) is 4.99 Å². The van der Waals surface area contributed by atoms with Crippen LogP contribution >= 0.6 is 24.0 Å². The van der Waals surface area contributed by atoms with Gasteiger partial charge in [0.1, 0.15) is 12.3 Å². The normalized spacial score (nSPS) is 16.9. The summed E-state index contributed by atoms with van der Waals surface area (Å²) in [6.07, 6.45) is 4.03. The molecule has 1 aliphatic heterocycles. The molecule has 0 spiro atoms. The van der Waals surface area contributed by atoms with Gasteiger partial charge in [-0.1, -0.05) is 20.8 Å². The molecule has 2 heterocycles. The molecule has 1 aliphatic rings. The van der Waals surface area contributed by atoms with E-state index < -0.39 is 0 Å². The minimum absolute atomic E-state index is 0. The molecule has 1 fully saturated rings. The molecule has 0 atom stereocenters. The van der Waals surface area contributed by atoms with E-state index in [1.807, 2.05) is 0 Å². The highest BCUT2D eigenvalue weighted by molar-refractivity contribution is 14.0. The van der Waals surface area contributed by atoms with Gasteiger partial charge in [-0.15, -0.1) is 24.0 Å². The van der Waals surface area contributed by atoms with Crippen LogP contribution in [0.4, 0.5) is 0 Å². The molecule has 0 bridgehead atoms. The minimum Gasteiger partial charge on any atom is -0.443 e. The van der Waals surface area contributed by atoms with Crippen molar-refractivity contribution >= 4 is 29.9 Å². The number of halogens is 1. The van der Waals surface area contributed by atoms with Crippen LogP contribution in [-0.2, 0) is 16.7 Å². The molecule has 7 nitrogen and oxygen atoms in total. The van der Waals surface area contributed by atoms with Crippen LogP contribution in [0.3, 0.4) is 0 Å². The highest BCUT2D eigenvalue weighted by Gasteiger charge is 2.21. The molecule has 8 heteroatoms. The Morgan fingerprint density at radius 3 is 2.63 bits per heavy atom. The van der Waals surface area contributed by atoms with Crippen molar-refractivity contribution in [2.45, 2.75) is 58.5 Å². The van der Waals surface area contributed by atoms with Crippen LogP contribution in [0.1, 0.15) is 52.2 Å². The first-order valence-corrected chi connectivity index (χ1v) is 9.63. The lowest BCUT2D eigenvalue weighted by Gasteiger charge is -2.32. The van der Waals surface area contributed by atoms with Crippen molar-refractivity contribution < 1.29 is 9.15 Å². The van der Waals surface area contributed by atoms with Crippen LogP contribution in [0, 0.1) is 0 Å². The van der Waals surface area contributed by atoms with E-state index in [9.17, 15) is 0 Å². The molecular weight excluding hydrogens is 457 g/mol. The number of guanidine groups is 1. The summed E-state index contributed by atoms with van der Waals surface area (Å²) in [4.78, 5) is 11.4. The molecule has 2 rings (SSSR count). The number of aliphatic imine (C=N–C) groups is 1. The van der Waals surface area contributed by atoms with Crippen molar-refractivity contribution in [3.05, 3.63) is 17.8 Å². The van der Waals surface area contributed by atoms with Gasteiger partial charge in [0.05, 0.1) is 12.8 Å². The third kappa shape index (κ3) is 8.35. The Hall–Kier alpha value is -0.870. The predicted octanol–water partition coefficient (Wildman–Crippen LogP) is 2.76. The van der Waals surface area contributed by atoms with Gasteiger partial charge >= 0.3 is 0 Å². The summed E-state index contributed by atoms with van der Waals surface area (Å²) in [5, 5.41) is 6.87. The van der Waals surface area contributed by atoms with Gasteiger partial charge in [0, 0.05) is 44.7 Å². The first-order valence-electron chi connectivity index (χ1n) is 9.63. The Morgan fingerprint density at radius 1 is 1.37 bits per heavy atom. The Bertz CT molecular complexity index is 563. The summed E-state index contributed by atoms with van der Waals surface area (Å²) in [6.45, 7) is 13.7. The molecular formula is C19H36IN5O2. The van der Waals surface area contributed by atoms with E-state index in [0.29, 0.717) is 18.5 Å². The monoisotopic (exact) mass is 493 g/mol. The lowest BCUT2D eigenvalue weighted by molar-refractivity contribution is 0.128. The number of piperidine rings is 1. The number of aromatic nitrogens is 1. The molecule has 0 amide bonds. The molecule has 0 aliphatic carbocycles. The van der Waals surface area contributed by atoms with E-state index in [4.69, 9.17) is 9.15 Å². The molecule has 1 saturated heterocycles. The SMILES string of the molecule is CCNC(=NCc1ncc(C(C)(C)C)o1)NC1CCN(CCOC)CC1.I. The third-order valence-electron chi connectivity index (χ3n) is 4.55. The van der Waals surface area contributed by atoms with Gasteiger partial charge in [-0.2, -0.15) is 0 Å². The van der Waals surface area contributed by atoms with Crippen molar-refractivity contribution in [1.29, 1.82) is 0 Å². The molecule has 156 valence electrons. The van der Waals surface area contributed by atoms with Gasteiger partial charge in [-0.05, 0) is 19.8 Å². The van der Waals surface area contributed by atoms with Crippen LogP contribution in [0.25, 0.3) is 0 Å². The van der Waals surface area contributed by atoms with E-state index in [1.165, 1.54) is 0 Å². The van der Waals surface area contributed by atoms with E-state index in [0.717, 1.165) is 57.3 Å². The van der Waals surface area contributed by atoms with Crippen molar-refractivity contribution in [2.75, 3.05) is 39.9 Å². The number of rotatable bonds is 7. The first-order chi connectivity index (χ1) is 12.4. The van der Waals surface area contributed by atoms with Gasteiger partial charge in [0.15, 0.2) is 5.96 Å². The largest absolute Gasteiger partial charge is 0.443 e. The van der Waals surface area contributed by atoms with Crippen LogP contribution in [0.5, 0.6) is 0 Å². The van der Waals surface area contributed by atoms with Gasteiger partial charge in [-0.25, -0.2) is 9.98 Å². The minimum atomic E-state index is -0.0332. The molecule has 0 saturated carbocycles. The maximum Gasteiger partial charge on any atom is 0.216 e. The van der Waals surface area contributed by atoms with Crippen molar-refractivity contribution in [3.63, 3.8) is 0 Å². The Balaban J connectivity index is 0.00000364. The fourth-order valence-corrected chi connectivity index (χ4v) is 2.91. The molecule has 27 heavy (non-hydrogen) atoms. The average molecular weight is 493 g/mol. The first kappa shape index (κ1) is 24.2. The number of hydrogen-bond acceptors (Lipinski definition) is 5.